The lowest BCUT2D eigenvalue weighted by Gasteiger charge is -2.38. The van der Waals surface area contributed by atoms with Gasteiger partial charge in [-0.15, -0.1) is 0 Å². The maximum absolute atomic E-state index is 11.6. The van der Waals surface area contributed by atoms with Gasteiger partial charge in [-0.05, 0) is 26.8 Å². The van der Waals surface area contributed by atoms with Crippen LogP contribution in [-0.2, 0) is 20.8 Å². The Morgan fingerprint density at radius 1 is 1.65 bits per heavy atom. The van der Waals surface area contributed by atoms with Crippen molar-refractivity contribution in [3.8, 4) is 0 Å². The van der Waals surface area contributed by atoms with Crippen molar-refractivity contribution >= 4 is 17.2 Å². The first-order valence-electron chi connectivity index (χ1n) is 7.24. The largest absolute Gasteiger partial charge is 0.755 e. The Kier molecular flexibility index (Phi) is 6.99. The predicted octanol–water partition coefficient (Wildman–Crippen LogP) is 0.732. The molecule has 2 unspecified atom stereocenters. The average molecular weight is 343 g/mol. The molecule has 0 bridgehead atoms. The minimum Gasteiger partial charge on any atom is -0.755 e. The summed E-state index contributed by atoms with van der Waals surface area (Å²) in [6.07, 6.45) is 4.75. The molecule has 0 aromatic carbocycles. The maximum atomic E-state index is 11.6. The molecule has 0 saturated carbocycles. The number of nitrogens with one attached hydrogen (secondary N) is 1. The summed E-state index contributed by atoms with van der Waals surface area (Å²) in [4.78, 5) is 11.6. The first kappa shape index (κ1) is 19.4. The lowest BCUT2D eigenvalue weighted by Crippen LogP contribution is -2.45. The summed E-state index contributed by atoms with van der Waals surface area (Å²) in [5.41, 5.74) is -1.00. The van der Waals surface area contributed by atoms with Crippen LogP contribution >= 0.6 is 0 Å². The van der Waals surface area contributed by atoms with Crippen molar-refractivity contribution in [3.63, 3.8) is 0 Å². The van der Waals surface area contributed by atoms with Crippen LogP contribution in [-0.4, -0.2) is 48.9 Å². The molecule has 7 nitrogen and oxygen atoms in total. The molecule has 0 aromatic rings. The van der Waals surface area contributed by atoms with E-state index in [1.54, 1.807) is 19.1 Å². The lowest BCUT2D eigenvalue weighted by molar-refractivity contribution is -0.136. The molecule has 8 heteroatoms. The van der Waals surface area contributed by atoms with Crippen molar-refractivity contribution in [1.82, 2.24) is 9.62 Å². The number of ether oxygens (including phenoxy) is 1. The van der Waals surface area contributed by atoms with Gasteiger partial charge in [-0.1, -0.05) is 18.7 Å². The number of rotatable bonds is 6. The Balaban J connectivity index is 2.74. The second kappa shape index (κ2) is 8.28. The summed E-state index contributed by atoms with van der Waals surface area (Å²) in [5, 5.41) is 12.1. The van der Waals surface area contributed by atoms with E-state index in [0.717, 1.165) is 0 Å². The van der Waals surface area contributed by atoms with E-state index in [1.807, 2.05) is 0 Å². The fourth-order valence-electron chi connectivity index (χ4n) is 2.06. The first-order valence-corrected chi connectivity index (χ1v) is 8.27. The van der Waals surface area contributed by atoms with Gasteiger partial charge in [0, 0.05) is 24.2 Å². The van der Waals surface area contributed by atoms with Crippen LogP contribution < -0.4 is 5.32 Å². The van der Waals surface area contributed by atoms with Crippen LogP contribution in [0.1, 0.15) is 27.2 Å². The van der Waals surface area contributed by atoms with Gasteiger partial charge in [0.05, 0.1) is 12.2 Å². The van der Waals surface area contributed by atoms with E-state index in [9.17, 15) is 18.7 Å². The zero-order valence-corrected chi connectivity index (χ0v) is 14.4. The summed E-state index contributed by atoms with van der Waals surface area (Å²) in [5.74, 6) is -0.0784. The lowest BCUT2D eigenvalue weighted by atomic mass is 10.1. The third kappa shape index (κ3) is 5.49. The predicted molar refractivity (Wildman–Crippen MR) is 86.5 cm³/mol. The van der Waals surface area contributed by atoms with Crippen LogP contribution in [0.3, 0.4) is 0 Å². The highest BCUT2D eigenvalue weighted by molar-refractivity contribution is 7.76. The molecule has 1 fully saturated rings. The van der Waals surface area contributed by atoms with Gasteiger partial charge in [0.1, 0.15) is 17.5 Å². The number of allylic oxidation sites excluding steroid dienone is 3. The quantitative estimate of drug-likeness (QED) is 0.692. The first-order chi connectivity index (χ1) is 10.7. The van der Waals surface area contributed by atoms with Crippen molar-refractivity contribution in [2.75, 3.05) is 13.1 Å². The van der Waals surface area contributed by atoms with E-state index in [2.05, 4.69) is 11.9 Å². The van der Waals surface area contributed by atoms with E-state index in [1.165, 1.54) is 24.2 Å². The molecule has 1 amide bonds. The summed E-state index contributed by atoms with van der Waals surface area (Å²) in [6.45, 7) is 8.52. The van der Waals surface area contributed by atoms with Gasteiger partial charge in [0.15, 0.2) is 0 Å². The number of morpholine rings is 1. The van der Waals surface area contributed by atoms with Crippen LogP contribution in [0.25, 0.3) is 0 Å². The number of aliphatic hydroxyl groups is 1. The second-order valence-corrected chi connectivity index (χ2v) is 6.44. The Morgan fingerprint density at radius 3 is 2.78 bits per heavy atom. The topological polar surface area (TPSA) is 102 Å². The molecule has 130 valence electrons. The summed E-state index contributed by atoms with van der Waals surface area (Å²) < 4.78 is 29.8. The highest BCUT2D eigenvalue weighted by Gasteiger charge is 2.29. The SMILES string of the molecule is C=C/C=C1/OC(CCNC(=O)C(C)(C)O)CN(S(=O)[O-])/C1=C/C. The fourth-order valence-corrected chi connectivity index (χ4v) is 2.70. The fraction of sp³-hybridized carbons (Fsp3) is 0.533. The minimum atomic E-state index is -2.42. The molecule has 0 spiro atoms. The standard InChI is InChI=1S/C15H24N2O5S/c1-5-7-13-12(6-2)17(23(20)21)10-11(22-13)8-9-16-14(18)15(3,4)19/h5-7,11,19H,1,8-10H2,2-4H3,(H,16,18)(H,20,21)/p-1/b12-6+,13-7+. The number of nitrogens with zero attached hydrogens (tertiary/aromatic N) is 1. The molecule has 1 heterocycles. The molecule has 1 aliphatic rings. The van der Waals surface area contributed by atoms with E-state index in [-0.39, 0.29) is 13.1 Å². The van der Waals surface area contributed by atoms with Gasteiger partial charge in [-0.25, -0.2) is 0 Å². The zero-order valence-electron chi connectivity index (χ0n) is 13.6. The van der Waals surface area contributed by atoms with Crippen molar-refractivity contribution < 1.29 is 23.4 Å². The van der Waals surface area contributed by atoms with Crippen LogP contribution in [0.2, 0.25) is 0 Å². The number of hydrogen-bond donors (Lipinski definition) is 2. The average Bonchev–Trinajstić information content (AvgIpc) is 2.45. The van der Waals surface area contributed by atoms with E-state index >= 15 is 0 Å². The Bertz CT molecular complexity index is 536. The molecule has 23 heavy (non-hydrogen) atoms. The van der Waals surface area contributed by atoms with E-state index < -0.39 is 28.9 Å². The molecule has 0 aromatic heterocycles. The zero-order chi connectivity index (χ0) is 17.6. The van der Waals surface area contributed by atoms with Crippen molar-refractivity contribution in [2.45, 2.75) is 38.9 Å². The molecular formula is C15H23N2O5S-. The normalized spacial score (nSPS) is 23.5. The van der Waals surface area contributed by atoms with Gasteiger partial charge in [0.25, 0.3) is 5.91 Å². The van der Waals surface area contributed by atoms with Crippen molar-refractivity contribution in [1.29, 1.82) is 0 Å². The molecule has 0 radical (unpaired) electrons. The van der Waals surface area contributed by atoms with E-state index in [0.29, 0.717) is 17.9 Å². The van der Waals surface area contributed by atoms with Gasteiger partial charge in [0.2, 0.25) is 0 Å². The Morgan fingerprint density at radius 2 is 2.30 bits per heavy atom. The molecule has 0 aliphatic carbocycles. The highest BCUT2D eigenvalue weighted by Crippen LogP contribution is 2.27. The Labute approximate surface area is 139 Å². The van der Waals surface area contributed by atoms with Crippen LogP contribution in [0.4, 0.5) is 0 Å². The summed E-state index contributed by atoms with van der Waals surface area (Å²) >= 11 is -2.42. The molecule has 1 aliphatic heterocycles. The van der Waals surface area contributed by atoms with E-state index in [4.69, 9.17) is 4.74 Å². The third-order valence-corrected chi connectivity index (χ3v) is 3.92. The number of carbonyl (C=O) groups is 1. The van der Waals surface area contributed by atoms with Gasteiger partial charge in [-0.3, -0.25) is 13.3 Å². The van der Waals surface area contributed by atoms with Gasteiger partial charge < -0.3 is 19.7 Å². The highest BCUT2D eigenvalue weighted by atomic mass is 32.2. The minimum absolute atomic E-state index is 0.155. The number of amides is 1. The van der Waals surface area contributed by atoms with Crippen LogP contribution in [0, 0.1) is 0 Å². The third-order valence-electron chi connectivity index (χ3n) is 3.21. The molecule has 1 rings (SSSR count). The van der Waals surface area contributed by atoms with Crippen molar-refractivity contribution in [3.05, 3.63) is 36.3 Å². The second-order valence-electron chi connectivity index (χ2n) is 5.56. The van der Waals surface area contributed by atoms with Crippen LogP contribution in [0.5, 0.6) is 0 Å². The maximum Gasteiger partial charge on any atom is 0.251 e. The number of hydrogen-bond acceptors (Lipinski definition) is 5. The molecular weight excluding hydrogens is 320 g/mol. The van der Waals surface area contributed by atoms with Gasteiger partial charge in [-0.2, -0.15) is 0 Å². The molecule has 1 saturated heterocycles. The van der Waals surface area contributed by atoms with Gasteiger partial charge >= 0.3 is 0 Å². The molecule has 2 atom stereocenters. The molecule has 2 N–H and O–H groups in total. The van der Waals surface area contributed by atoms with Crippen molar-refractivity contribution in [2.24, 2.45) is 0 Å². The monoisotopic (exact) mass is 343 g/mol. The summed E-state index contributed by atoms with van der Waals surface area (Å²) in [6, 6.07) is 0. The summed E-state index contributed by atoms with van der Waals surface area (Å²) in [7, 11) is 0. The Hall–Kier alpha value is -1.64. The number of carbonyl (C=O) groups excluding carboxylic acids is 1. The smallest absolute Gasteiger partial charge is 0.251 e. The van der Waals surface area contributed by atoms with Crippen LogP contribution in [0.15, 0.2) is 36.3 Å².